The molecule has 0 aromatic rings. The van der Waals surface area contributed by atoms with Crippen LogP contribution in [0.4, 0.5) is 0 Å². The first-order valence-corrected chi connectivity index (χ1v) is 8.16. The molecule has 2 saturated carbocycles. The van der Waals surface area contributed by atoms with Crippen LogP contribution in [0.3, 0.4) is 0 Å². The van der Waals surface area contributed by atoms with Crippen LogP contribution in [0.15, 0.2) is 0 Å². The number of ether oxygens (including phenoxy) is 1. The monoisotopic (exact) mass is 283 g/mol. The van der Waals surface area contributed by atoms with E-state index in [1.165, 1.54) is 12.8 Å². The smallest absolute Gasteiger partial charge is 0.220 e. The molecule has 0 radical (unpaired) electrons. The van der Waals surface area contributed by atoms with Gasteiger partial charge in [0, 0.05) is 32.1 Å². The van der Waals surface area contributed by atoms with Crippen molar-refractivity contribution in [3.05, 3.63) is 0 Å². The van der Waals surface area contributed by atoms with Gasteiger partial charge in [0.2, 0.25) is 5.91 Å². The molecule has 0 bridgehead atoms. The molecule has 4 heteroatoms. The molecule has 2 aliphatic rings. The maximum Gasteiger partial charge on any atom is 0.220 e. The van der Waals surface area contributed by atoms with E-state index >= 15 is 0 Å². The zero-order valence-electron chi connectivity index (χ0n) is 12.6. The topological polar surface area (TPSA) is 58.6 Å². The lowest BCUT2D eigenvalue weighted by Gasteiger charge is -2.32. The number of aliphatic hydroxyl groups is 1. The molecule has 0 spiro atoms. The second kappa shape index (κ2) is 7.99. The van der Waals surface area contributed by atoms with Crippen LogP contribution in [0.2, 0.25) is 0 Å². The Balaban J connectivity index is 1.72. The summed E-state index contributed by atoms with van der Waals surface area (Å²) in [5.41, 5.74) is 0. The number of aliphatic hydroxyl groups excluding tert-OH is 1. The molecule has 20 heavy (non-hydrogen) atoms. The van der Waals surface area contributed by atoms with Crippen molar-refractivity contribution >= 4 is 5.91 Å². The molecular formula is C16H29NO3. The lowest BCUT2D eigenvalue weighted by Crippen LogP contribution is -2.44. The summed E-state index contributed by atoms with van der Waals surface area (Å²) in [5.74, 6) is 0.950. The minimum atomic E-state index is 0.177. The van der Waals surface area contributed by atoms with Crippen molar-refractivity contribution in [3.8, 4) is 0 Å². The van der Waals surface area contributed by atoms with Crippen LogP contribution in [0.5, 0.6) is 0 Å². The first-order chi connectivity index (χ1) is 9.72. The van der Waals surface area contributed by atoms with Gasteiger partial charge in [0.05, 0.1) is 6.10 Å². The summed E-state index contributed by atoms with van der Waals surface area (Å²) in [4.78, 5) is 12.2. The Kier molecular flexibility index (Phi) is 6.30. The average molecular weight is 283 g/mol. The molecule has 0 aromatic carbocycles. The van der Waals surface area contributed by atoms with E-state index in [2.05, 4.69) is 5.32 Å². The Morgan fingerprint density at radius 3 is 2.50 bits per heavy atom. The third-order valence-corrected chi connectivity index (χ3v) is 5.09. The fraction of sp³-hybridized carbons (Fsp3) is 0.938. The van der Waals surface area contributed by atoms with Crippen LogP contribution in [-0.2, 0) is 9.53 Å². The molecule has 2 rings (SSSR count). The maximum atomic E-state index is 12.2. The highest BCUT2D eigenvalue weighted by Gasteiger charge is 2.27. The van der Waals surface area contributed by atoms with Crippen LogP contribution in [0.1, 0.15) is 57.8 Å². The molecule has 2 N–H and O–H groups in total. The number of hydrogen-bond acceptors (Lipinski definition) is 3. The Morgan fingerprint density at radius 2 is 1.85 bits per heavy atom. The number of amides is 1. The van der Waals surface area contributed by atoms with Crippen molar-refractivity contribution in [1.82, 2.24) is 5.32 Å². The Hall–Kier alpha value is -0.610. The molecule has 2 fully saturated rings. The van der Waals surface area contributed by atoms with Gasteiger partial charge >= 0.3 is 0 Å². The minimum absolute atomic E-state index is 0.177. The van der Waals surface area contributed by atoms with Gasteiger partial charge in [0.15, 0.2) is 0 Å². The van der Waals surface area contributed by atoms with Gasteiger partial charge < -0.3 is 15.2 Å². The normalized spacial score (nSPS) is 34.7. The summed E-state index contributed by atoms with van der Waals surface area (Å²) >= 11 is 0. The van der Waals surface area contributed by atoms with Crippen LogP contribution >= 0.6 is 0 Å². The third-order valence-electron chi connectivity index (χ3n) is 5.09. The summed E-state index contributed by atoms with van der Waals surface area (Å²) in [6.07, 6.45) is 9.80. The molecule has 116 valence electrons. The SMILES string of the molecule is COC1CCC(CC(=O)NC2CCCCC2CO)CC1. The quantitative estimate of drug-likeness (QED) is 0.813. The van der Waals surface area contributed by atoms with Gasteiger partial charge in [-0.1, -0.05) is 12.8 Å². The van der Waals surface area contributed by atoms with Gasteiger partial charge in [-0.25, -0.2) is 0 Å². The van der Waals surface area contributed by atoms with Crippen LogP contribution in [-0.4, -0.2) is 36.9 Å². The van der Waals surface area contributed by atoms with Crippen molar-refractivity contribution in [3.63, 3.8) is 0 Å². The summed E-state index contributed by atoms with van der Waals surface area (Å²) in [6.45, 7) is 0.198. The van der Waals surface area contributed by atoms with Gasteiger partial charge in [0.25, 0.3) is 0 Å². The third kappa shape index (κ3) is 4.45. The van der Waals surface area contributed by atoms with E-state index < -0.39 is 0 Å². The van der Waals surface area contributed by atoms with Crippen LogP contribution in [0.25, 0.3) is 0 Å². The average Bonchev–Trinajstić information content (AvgIpc) is 2.48. The summed E-state index contributed by atoms with van der Waals surface area (Å²) in [5, 5.41) is 12.5. The molecule has 2 aliphatic carbocycles. The molecule has 2 unspecified atom stereocenters. The number of carbonyl (C=O) groups excluding carboxylic acids is 1. The predicted molar refractivity (Wildman–Crippen MR) is 78.3 cm³/mol. The van der Waals surface area contributed by atoms with E-state index in [1.54, 1.807) is 7.11 Å². The lowest BCUT2D eigenvalue weighted by molar-refractivity contribution is -0.124. The zero-order valence-corrected chi connectivity index (χ0v) is 12.6. The maximum absolute atomic E-state index is 12.2. The highest BCUT2D eigenvalue weighted by atomic mass is 16.5. The molecule has 4 nitrogen and oxygen atoms in total. The number of carbonyl (C=O) groups is 1. The summed E-state index contributed by atoms with van der Waals surface area (Å²) < 4.78 is 5.37. The second-order valence-electron chi connectivity index (χ2n) is 6.48. The molecule has 0 aliphatic heterocycles. The minimum Gasteiger partial charge on any atom is -0.396 e. The Labute approximate surface area is 122 Å². The van der Waals surface area contributed by atoms with E-state index in [0.29, 0.717) is 18.4 Å². The van der Waals surface area contributed by atoms with Crippen molar-refractivity contribution in [2.75, 3.05) is 13.7 Å². The first kappa shape index (κ1) is 15.8. The standard InChI is InChI=1S/C16H29NO3/c1-20-14-8-6-12(7-9-14)10-16(19)17-15-5-3-2-4-13(15)11-18/h12-15,18H,2-11H2,1H3,(H,17,19). The molecular weight excluding hydrogens is 254 g/mol. The predicted octanol–water partition coefficient (Wildman–Crippen LogP) is 2.25. The van der Waals surface area contributed by atoms with E-state index in [0.717, 1.165) is 38.5 Å². The molecule has 0 heterocycles. The second-order valence-corrected chi connectivity index (χ2v) is 6.48. The van der Waals surface area contributed by atoms with Crippen molar-refractivity contribution < 1.29 is 14.6 Å². The fourth-order valence-electron chi connectivity index (χ4n) is 3.72. The highest BCUT2D eigenvalue weighted by Crippen LogP contribution is 2.29. The van der Waals surface area contributed by atoms with Crippen LogP contribution in [0, 0.1) is 11.8 Å². The van der Waals surface area contributed by atoms with Crippen LogP contribution < -0.4 is 5.32 Å². The number of rotatable bonds is 5. The summed E-state index contributed by atoms with van der Waals surface area (Å²) in [6, 6.07) is 0.191. The van der Waals surface area contributed by atoms with E-state index in [-0.39, 0.29) is 24.5 Å². The van der Waals surface area contributed by atoms with E-state index in [4.69, 9.17) is 4.74 Å². The molecule has 0 aromatic heterocycles. The van der Waals surface area contributed by atoms with Gasteiger partial charge in [-0.3, -0.25) is 4.79 Å². The number of nitrogens with one attached hydrogen (secondary N) is 1. The number of methoxy groups -OCH3 is 1. The Bertz CT molecular complexity index is 300. The fourth-order valence-corrected chi connectivity index (χ4v) is 3.72. The van der Waals surface area contributed by atoms with Crippen molar-refractivity contribution in [2.45, 2.75) is 69.9 Å². The Morgan fingerprint density at radius 1 is 1.15 bits per heavy atom. The zero-order chi connectivity index (χ0) is 14.4. The van der Waals surface area contributed by atoms with Crippen molar-refractivity contribution in [1.29, 1.82) is 0 Å². The van der Waals surface area contributed by atoms with Gasteiger partial charge in [-0.15, -0.1) is 0 Å². The van der Waals surface area contributed by atoms with E-state index in [1.807, 2.05) is 0 Å². The van der Waals surface area contributed by atoms with Gasteiger partial charge in [-0.05, 0) is 44.4 Å². The molecule has 1 amide bonds. The summed E-state index contributed by atoms with van der Waals surface area (Å²) in [7, 11) is 1.77. The highest BCUT2D eigenvalue weighted by molar-refractivity contribution is 5.76. The number of hydrogen-bond donors (Lipinski definition) is 2. The molecule has 2 atom stereocenters. The van der Waals surface area contributed by atoms with Gasteiger partial charge in [0.1, 0.15) is 0 Å². The van der Waals surface area contributed by atoms with E-state index in [9.17, 15) is 9.90 Å². The van der Waals surface area contributed by atoms with Gasteiger partial charge in [-0.2, -0.15) is 0 Å². The van der Waals surface area contributed by atoms with Crippen molar-refractivity contribution in [2.24, 2.45) is 11.8 Å². The first-order valence-electron chi connectivity index (χ1n) is 8.16. The largest absolute Gasteiger partial charge is 0.396 e. The lowest BCUT2D eigenvalue weighted by atomic mass is 9.83. The molecule has 0 saturated heterocycles.